The lowest BCUT2D eigenvalue weighted by molar-refractivity contribution is -0.141. The van der Waals surface area contributed by atoms with Crippen molar-refractivity contribution in [3.8, 4) is 10.8 Å². The topological polar surface area (TPSA) is 72.3 Å². The van der Waals surface area contributed by atoms with E-state index in [0.29, 0.717) is 30.1 Å². The van der Waals surface area contributed by atoms with Gasteiger partial charge in [-0.2, -0.15) is 13.2 Å². The Morgan fingerprint density at radius 2 is 2.04 bits per heavy atom. The maximum Gasteiger partial charge on any atom is 0.433 e. The van der Waals surface area contributed by atoms with Crippen molar-refractivity contribution in [2.45, 2.75) is 26.1 Å². The number of aromatic nitrogens is 6. The Labute approximate surface area is 149 Å². The minimum absolute atomic E-state index is 0.281. The van der Waals surface area contributed by atoms with E-state index in [0.717, 1.165) is 16.8 Å². The summed E-state index contributed by atoms with van der Waals surface area (Å²) in [5.74, 6) is 1.31. The highest BCUT2D eigenvalue weighted by Crippen LogP contribution is 2.30. The van der Waals surface area contributed by atoms with Crippen molar-refractivity contribution >= 4 is 22.4 Å². The molecule has 0 unspecified atom stereocenters. The Kier molecular flexibility index (Phi) is 3.98. The molecule has 0 spiro atoms. The molecule has 0 aromatic carbocycles. The number of fused-ring (bicyclic) bond motifs is 1. The first kappa shape index (κ1) is 16.7. The number of imidazole rings is 2. The number of H-pyrrole nitrogens is 1. The van der Waals surface area contributed by atoms with Gasteiger partial charge >= 0.3 is 6.18 Å². The van der Waals surface area contributed by atoms with E-state index in [9.17, 15) is 13.2 Å². The molecule has 0 aliphatic rings. The second kappa shape index (κ2) is 6.20. The molecular weight excluding hydrogens is 365 g/mol. The molecule has 4 aromatic heterocycles. The second-order valence-electron chi connectivity index (χ2n) is 5.60. The zero-order valence-corrected chi connectivity index (χ0v) is 14.4. The highest BCUT2D eigenvalue weighted by molar-refractivity contribution is 7.13. The molecule has 4 heterocycles. The monoisotopic (exact) mass is 378 g/mol. The molecular formula is C16H13F3N6S. The third kappa shape index (κ3) is 2.96. The van der Waals surface area contributed by atoms with E-state index < -0.39 is 11.9 Å². The van der Waals surface area contributed by atoms with Crippen LogP contribution in [0.25, 0.3) is 21.9 Å². The fourth-order valence-electron chi connectivity index (χ4n) is 2.78. The summed E-state index contributed by atoms with van der Waals surface area (Å²) in [6.07, 6.45) is 0.546. The van der Waals surface area contributed by atoms with Gasteiger partial charge in [0.1, 0.15) is 11.5 Å². The van der Waals surface area contributed by atoms with Crippen molar-refractivity contribution in [2.24, 2.45) is 0 Å². The van der Waals surface area contributed by atoms with Crippen LogP contribution >= 0.6 is 11.3 Å². The van der Waals surface area contributed by atoms with Crippen LogP contribution in [0.5, 0.6) is 0 Å². The lowest BCUT2D eigenvalue weighted by atomic mass is 10.3. The van der Waals surface area contributed by atoms with Crippen LogP contribution < -0.4 is 0 Å². The molecule has 0 fully saturated rings. The highest BCUT2D eigenvalue weighted by atomic mass is 32.1. The van der Waals surface area contributed by atoms with Crippen molar-refractivity contribution in [1.82, 2.24) is 29.5 Å². The lowest BCUT2D eigenvalue weighted by Gasteiger charge is -2.06. The number of nitrogens with one attached hydrogen (secondary N) is 1. The predicted molar refractivity (Wildman–Crippen MR) is 90.7 cm³/mol. The van der Waals surface area contributed by atoms with Gasteiger partial charge in [0, 0.05) is 36.4 Å². The molecule has 1 N–H and O–H groups in total. The van der Waals surface area contributed by atoms with Gasteiger partial charge in [-0.15, -0.1) is 11.3 Å². The maximum atomic E-state index is 12.9. The van der Waals surface area contributed by atoms with Crippen LogP contribution in [0, 0.1) is 0 Å². The Hall–Kier alpha value is -2.75. The third-order valence-electron chi connectivity index (χ3n) is 3.93. The Balaban J connectivity index is 1.70. The van der Waals surface area contributed by atoms with E-state index >= 15 is 0 Å². The SMILES string of the molecule is CCn1c(Cc2cnc(-c3nccs3)[nH]2)nc2cc(C(F)(F)F)ncc21. The molecule has 0 saturated heterocycles. The maximum absolute atomic E-state index is 12.9. The van der Waals surface area contributed by atoms with Gasteiger partial charge in [0.15, 0.2) is 10.8 Å². The van der Waals surface area contributed by atoms with Gasteiger partial charge in [0.2, 0.25) is 0 Å². The average molecular weight is 378 g/mol. The van der Waals surface area contributed by atoms with Crippen LogP contribution in [-0.4, -0.2) is 29.5 Å². The standard InChI is InChI=1S/C16H13F3N6S/c1-2-25-11-8-21-12(16(17,18)19)6-10(11)24-13(25)5-9-7-22-14(23-9)15-20-3-4-26-15/h3-4,6-8H,2,5H2,1H3,(H,22,23). The van der Waals surface area contributed by atoms with Crippen LogP contribution in [0.3, 0.4) is 0 Å². The Morgan fingerprint density at radius 3 is 2.73 bits per heavy atom. The molecule has 26 heavy (non-hydrogen) atoms. The summed E-state index contributed by atoms with van der Waals surface area (Å²) in [6.45, 7) is 2.49. The van der Waals surface area contributed by atoms with Crippen LogP contribution in [0.4, 0.5) is 13.2 Å². The minimum atomic E-state index is -4.49. The first-order valence-electron chi connectivity index (χ1n) is 7.82. The predicted octanol–water partition coefficient (Wildman–Crippen LogP) is 3.91. The van der Waals surface area contributed by atoms with Crippen molar-refractivity contribution in [1.29, 1.82) is 0 Å². The number of hydrogen-bond donors (Lipinski definition) is 1. The molecule has 0 bridgehead atoms. The fraction of sp³-hybridized carbons (Fsp3) is 0.250. The van der Waals surface area contributed by atoms with E-state index in [2.05, 4.69) is 24.9 Å². The van der Waals surface area contributed by atoms with Crippen LogP contribution in [0.2, 0.25) is 0 Å². The van der Waals surface area contributed by atoms with Crippen molar-refractivity contribution in [2.75, 3.05) is 0 Å². The number of hydrogen-bond acceptors (Lipinski definition) is 5. The molecule has 0 aliphatic heterocycles. The highest BCUT2D eigenvalue weighted by Gasteiger charge is 2.33. The summed E-state index contributed by atoms with van der Waals surface area (Å²) in [6, 6.07) is 0.985. The van der Waals surface area contributed by atoms with Crippen molar-refractivity contribution in [3.05, 3.63) is 47.2 Å². The Morgan fingerprint density at radius 1 is 1.19 bits per heavy atom. The number of aryl methyl sites for hydroxylation is 1. The van der Waals surface area contributed by atoms with Crippen LogP contribution in [-0.2, 0) is 19.1 Å². The fourth-order valence-corrected chi connectivity index (χ4v) is 3.37. The molecule has 0 amide bonds. The van der Waals surface area contributed by atoms with Gasteiger partial charge in [-0.05, 0) is 13.0 Å². The minimum Gasteiger partial charge on any atom is -0.339 e. The number of rotatable bonds is 4. The molecule has 10 heteroatoms. The zero-order chi connectivity index (χ0) is 18.3. The number of thiazole rings is 1. The molecule has 0 saturated carbocycles. The molecule has 6 nitrogen and oxygen atoms in total. The summed E-state index contributed by atoms with van der Waals surface area (Å²) < 4.78 is 40.5. The first-order chi connectivity index (χ1) is 12.5. The van der Waals surface area contributed by atoms with Gasteiger partial charge in [0.25, 0.3) is 0 Å². The molecule has 4 aromatic rings. The summed E-state index contributed by atoms with van der Waals surface area (Å²) in [7, 11) is 0. The summed E-state index contributed by atoms with van der Waals surface area (Å²) in [5, 5.41) is 2.64. The molecule has 0 atom stereocenters. The summed E-state index contributed by atoms with van der Waals surface area (Å²) in [5.41, 5.74) is 0.730. The van der Waals surface area contributed by atoms with Gasteiger partial charge < -0.3 is 9.55 Å². The number of aromatic amines is 1. The third-order valence-corrected chi connectivity index (χ3v) is 4.71. The number of alkyl halides is 3. The van der Waals surface area contributed by atoms with E-state index in [1.54, 1.807) is 12.4 Å². The number of pyridine rings is 1. The van der Waals surface area contributed by atoms with Crippen LogP contribution in [0.1, 0.15) is 24.1 Å². The largest absolute Gasteiger partial charge is 0.433 e. The Bertz CT molecular complexity index is 1050. The second-order valence-corrected chi connectivity index (χ2v) is 6.49. The van der Waals surface area contributed by atoms with Gasteiger partial charge in [-0.25, -0.2) is 19.9 Å². The van der Waals surface area contributed by atoms with E-state index in [1.807, 2.05) is 16.9 Å². The average Bonchev–Trinajstić information content (AvgIpc) is 3.32. The van der Waals surface area contributed by atoms with E-state index in [1.165, 1.54) is 17.5 Å². The van der Waals surface area contributed by atoms with Crippen molar-refractivity contribution in [3.63, 3.8) is 0 Å². The van der Waals surface area contributed by atoms with Crippen LogP contribution in [0.15, 0.2) is 30.0 Å². The molecule has 0 aliphatic carbocycles. The van der Waals surface area contributed by atoms with E-state index in [4.69, 9.17) is 0 Å². The lowest BCUT2D eigenvalue weighted by Crippen LogP contribution is -2.07. The zero-order valence-electron chi connectivity index (χ0n) is 13.6. The number of halogens is 3. The normalized spacial score (nSPS) is 12.2. The summed E-state index contributed by atoms with van der Waals surface area (Å²) >= 11 is 1.47. The van der Waals surface area contributed by atoms with Gasteiger partial charge in [0.05, 0.1) is 17.2 Å². The smallest absolute Gasteiger partial charge is 0.339 e. The first-order valence-corrected chi connectivity index (χ1v) is 8.69. The van der Waals surface area contributed by atoms with Gasteiger partial charge in [-0.1, -0.05) is 0 Å². The van der Waals surface area contributed by atoms with Gasteiger partial charge in [-0.3, -0.25) is 0 Å². The number of nitrogens with zero attached hydrogens (tertiary/aromatic N) is 5. The summed E-state index contributed by atoms with van der Waals surface area (Å²) in [4.78, 5) is 19.6. The van der Waals surface area contributed by atoms with Crippen molar-refractivity contribution < 1.29 is 13.2 Å². The molecule has 0 radical (unpaired) electrons. The molecule has 134 valence electrons. The van der Waals surface area contributed by atoms with E-state index in [-0.39, 0.29) is 5.52 Å². The quantitative estimate of drug-likeness (QED) is 0.584. The molecule has 4 rings (SSSR count).